The maximum absolute atomic E-state index is 14.0. The van der Waals surface area contributed by atoms with Crippen molar-refractivity contribution in [2.75, 3.05) is 52.4 Å². The van der Waals surface area contributed by atoms with Gasteiger partial charge in [0.15, 0.2) is 5.96 Å². The van der Waals surface area contributed by atoms with Gasteiger partial charge in [0, 0.05) is 49.9 Å². The van der Waals surface area contributed by atoms with Gasteiger partial charge in [-0.25, -0.2) is 9.18 Å². The molecule has 2 aliphatic rings. The first-order valence-corrected chi connectivity index (χ1v) is 10.1. The van der Waals surface area contributed by atoms with Crippen LogP contribution in [-0.2, 0) is 11.3 Å². The molecule has 0 saturated carbocycles. The molecule has 2 aliphatic heterocycles. The maximum Gasteiger partial charge on any atom is 0.324 e. The van der Waals surface area contributed by atoms with Gasteiger partial charge in [-0.2, -0.15) is 0 Å². The molecule has 2 N–H and O–H groups in total. The number of piperazine rings is 1. The van der Waals surface area contributed by atoms with Crippen LogP contribution in [0.5, 0.6) is 0 Å². The topological polar surface area (TPSA) is 80.3 Å². The second kappa shape index (κ2) is 11.7. The van der Waals surface area contributed by atoms with Gasteiger partial charge in [-0.15, -0.1) is 24.0 Å². The summed E-state index contributed by atoms with van der Waals surface area (Å²) in [5.74, 6) is 0.245. The van der Waals surface area contributed by atoms with Gasteiger partial charge in [0.05, 0.1) is 19.6 Å². The first kappa shape index (κ1) is 24.6. The standard InChI is InChI=1S/C19H26ClFN6O2.HI/c1-2-22-18(23-6-7-27-17(28)12-24-19(27)29)26-10-8-25(9-11-26)13-14-15(20)4-3-5-16(14)21;/h3-5H,2,6-13H2,1H3,(H,22,23)(H,24,29);1H. The fraction of sp³-hybridized carbons (Fsp3) is 0.526. The minimum absolute atomic E-state index is 0. The van der Waals surface area contributed by atoms with Crippen LogP contribution in [0, 0.1) is 5.82 Å². The van der Waals surface area contributed by atoms with Crippen molar-refractivity contribution in [1.29, 1.82) is 0 Å². The molecule has 2 heterocycles. The second-order valence-electron chi connectivity index (χ2n) is 6.90. The number of hydrogen-bond acceptors (Lipinski definition) is 4. The van der Waals surface area contributed by atoms with Crippen LogP contribution in [0.4, 0.5) is 9.18 Å². The van der Waals surface area contributed by atoms with Gasteiger partial charge in [-0.05, 0) is 19.1 Å². The number of imide groups is 1. The third-order valence-corrected chi connectivity index (χ3v) is 5.33. The Balaban J connectivity index is 0.00000320. The average Bonchev–Trinajstić information content (AvgIpc) is 3.03. The molecule has 0 spiro atoms. The smallest absolute Gasteiger partial charge is 0.324 e. The monoisotopic (exact) mass is 552 g/mol. The predicted octanol–water partition coefficient (Wildman–Crippen LogP) is 1.73. The molecule has 1 aromatic rings. The largest absolute Gasteiger partial charge is 0.357 e. The molecule has 0 unspecified atom stereocenters. The normalized spacial score (nSPS) is 17.8. The zero-order chi connectivity index (χ0) is 20.8. The molecule has 30 heavy (non-hydrogen) atoms. The summed E-state index contributed by atoms with van der Waals surface area (Å²) < 4.78 is 14.0. The number of guanidine groups is 1. The molecule has 0 aromatic heterocycles. The number of carbonyl (C=O) groups excluding carboxylic acids is 2. The fourth-order valence-corrected chi connectivity index (χ4v) is 3.61. The highest BCUT2D eigenvalue weighted by atomic mass is 127. The number of urea groups is 1. The minimum atomic E-state index is -0.365. The average molecular weight is 553 g/mol. The molecule has 0 radical (unpaired) electrons. The number of nitrogens with zero attached hydrogens (tertiary/aromatic N) is 4. The Kier molecular flexibility index (Phi) is 9.56. The molecular formula is C19H27ClFIN6O2. The molecule has 166 valence electrons. The summed E-state index contributed by atoms with van der Waals surface area (Å²) in [5.41, 5.74) is 0.525. The zero-order valence-electron chi connectivity index (χ0n) is 16.9. The Bertz CT molecular complexity index is 752. The highest BCUT2D eigenvalue weighted by Gasteiger charge is 2.28. The van der Waals surface area contributed by atoms with Crippen molar-refractivity contribution >= 4 is 53.5 Å². The third-order valence-electron chi connectivity index (χ3n) is 4.97. The van der Waals surface area contributed by atoms with Crippen molar-refractivity contribution in [1.82, 2.24) is 25.3 Å². The number of nitrogens with one attached hydrogen (secondary N) is 2. The van der Waals surface area contributed by atoms with E-state index in [0.29, 0.717) is 30.2 Å². The lowest BCUT2D eigenvalue weighted by molar-refractivity contribution is -0.124. The molecule has 2 saturated heterocycles. The van der Waals surface area contributed by atoms with E-state index in [1.54, 1.807) is 12.1 Å². The van der Waals surface area contributed by atoms with Crippen LogP contribution in [-0.4, -0.2) is 85.0 Å². The van der Waals surface area contributed by atoms with Gasteiger partial charge in [-0.3, -0.25) is 19.6 Å². The molecule has 0 aliphatic carbocycles. The number of carbonyl (C=O) groups is 2. The van der Waals surface area contributed by atoms with E-state index in [4.69, 9.17) is 11.6 Å². The Hall–Kier alpha value is -1.66. The molecule has 8 nitrogen and oxygen atoms in total. The molecule has 3 rings (SSSR count). The van der Waals surface area contributed by atoms with Gasteiger partial charge in [0.25, 0.3) is 0 Å². The Morgan fingerprint density at radius 2 is 2.00 bits per heavy atom. The summed E-state index contributed by atoms with van der Waals surface area (Å²) in [6.45, 7) is 6.80. The number of hydrogen-bond donors (Lipinski definition) is 2. The van der Waals surface area contributed by atoms with Crippen LogP contribution >= 0.6 is 35.6 Å². The Labute approximate surface area is 197 Å². The summed E-state index contributed by atoms with van der Waals surface area (Å²) in [7, 11) is 0. The van der Waals surface area contributed by atoms with E-state index in [0.717, 1.165) is 32.1 Å². The Morgan fingerprint density at radius 1 is 1.27 bits per heavy atom. The van der Waals surface area contributed by atoms with E-state index in [9.17, 15) is 14.0 Å². The molecule has 2 fully saturated rings. The lowest BCUT2D eigenvalue weighted by atomic mass is 10.2. The summed E-state index contributed by atoms with van der Waals surface area (Å²) in [5, 5.41) is 6.20. The van der Waals surface area contributed by atoms with Crippen molar-refractivity contribution in [2.24, 2.45) is 4.99 Å². The van der Waals surface area contributed by atoms with Crippen molar-refractivity contribution in [2.45, 2.75) is 13.5 Å². The van der Waals surface area contributed by atoms with Crippen LogP contribution in [0.3, 0.4) is 0 Å². The predicted molar refractivity (Wildman–Crippen MR) is 125 cm³/mol. The van der Waals surface area contributed by atoms with Gasteiger partial charge in [0.1, 0.15) is 5.82 Å². The third kappa shape index (κ3) is 6.17. The number of amides is 3. The summed E-state index contributed by atoms with van der Waals surface area (Å²) in [6.07, 6.45) is 0. The van der Waals surface area contributed by atoms with Crippen molar-refractivity contribution in [3.63, 3.8) is 0 Å². The molecular weight excluding hydrogens is 526 g/mol. The number of halogens is 3. The van der Waals surface area contributed by atoms with E-state index < -0.39 is 0 Å². The zero-order valence-corrected chi connectivity index (χ0v) is 20.0. The van der Waals surface area contributed by atoms with Crippen LogP contribution in [0.2, 0.25) is 5.02 Å². The van der Waals surface area contributed by atoms with E-state index in [1.807, 2.05) is 6.92 Å². The lowest BCUT2D eigenvalue weighted by Gasteiger charge is -2.36. The Morgan fingerprint density at radius 3 is 2.60 bits per heavy atom. The number of rotatable bonds is 6. The first-order valence-electron chi connectivity index (χ1n) is 9.76. The van der Waals surface area contributed by atoms with Crippen LogP contribution < -0.4 is 10.6 Å². The van der Waals surface area contributed by atoms with E-state index in [1.165, 1.54) is 11.0 Å². The molecule has 3 amide bonds. The minimum Gasteiger partial charge on any atom is -0.357 e. The lowest BCUT2D eigenvalue weighted by Crippen LogP contribution is -2.52. The van der Waals surface area contributed by atoms with Crippen molar-refractivity contribution in [3.05, 3.63) is 34.6 Å². The number of aliphatic imine (C=N–C) groups is 1. The van der Waals surface area contributed by atoms with E-state index in [2.05, 4.69) is 25.4 Å². The van der Waals surface area contributed by atoms with Gasteiger partial charge in [-0.1, -0.05) is 17.7 Å². The first-order chi connectivity index (χ1) is 14.0. The van der Waals surface area contributed by atoms with Crippen LogP contribution in [0.15, 0.2) is 23.2 Å². The summed E-state index contributed by atoms with van der Waals surface area (Å²) in [4.78, 5) is 33.3. The van der Waals surface area contributed by atoms with Gasteiger partial charge < -0.3 is 15.5 Å². The number of benzene rings is 1. The SMILES string of the molecule is CCNC(=NCCN1C(=O)CNC1=O)N1CCN(Cc2c(F)cccc2Cl)CC1.I. The molecule has 0 atom stereocenters. The molecule has 11 heteroatoms. The maximum atomic E-state index is 14.0. The van der Waals surface area contributed by atoms with Crippen LogP contribution in [0.25, 0.3) is 0 Å². The summed E-state index contributed by atoms with van der Waals surface area (Å²) in [6, 6.07) is 4.38. The highest BCUT2D eigenvalue weighted by Crippen LogP contribution is 2.21. The van der Waals surface area contributed by atoms with Crippen LogP contribution in [0.1, 0.15) is 12.5 Å². The van der Waals surface area contributed by atoms with Crippen molar-refractivity contribution < 1.29 is 14.0 Å². The van der Waals surface area contributed by atoms with E-state index >= 15 is 0 Å². The van der Waals surface area contributed by atoms with Crippen molar-refractivity contribution in [3.8, 4) is 0 Å². The van der Waals surface area contributed by atoms with Gasteiger partial charge >= 0.3 is 6.03 Å². The van der Waals surface area contributed by atoms with E-state index in [-0.39, 0.29) is 54.8 Å². The second-order valence-corrected chi connectivity index (χ2v) is 7.31. The highest BCUT2D eigenvalue weighted by molar-refractivity contribution is 14.0. The molecule has 1 aromatic carbocycles. The van der Waals surface area contributed by atoms with Gasteiger partial charge in [0.2, 0.25) is 5.91 Å². The fourth-order valence-electron chi connectivity index (χ4n) is 3.39. The quantitative estimate of drug-likeness (QED) is 0.243. The molecule has 0 bridgehead atoms. The summed E-state index contributed by atoms with van der Waals surface area (Å²) >= 11 is 6.14.